The van der Waals surface area contributed by atoms with Crippen molar-refractivity contribution < 1.29 is 4.79 Å². The second kappa shape index (κ2) is 5.81. The Morgan fingerprint density at radius 3 is 2.55 bits per heavy atom. The molecule has 0 bridgehead atoms. The van der Waals surface area contributed by atoms with Gasteiger partial charge < -0.3 is 5.32 Å². The summed E-state index contributed by atoms with van der Waals surface area (Å²) >= 11 is 0. The highest BCUT2D eigenvalue weighted by Gasteiger charge is 2.15. The fraction of sp³-hybridized carbons (Fsp3) is 0.118. The van der Waals surface area contributed by atoms with E-state index in [2.05, 4.69) is 15.4 Å². The van der Waals surface area contributed by atoms with Crippen LogP contribution < -0.4 is 5.32 Å². The summed E-state index contributed by atoms with van der Waals surface area (Å²) in [5.41, 5.74) is 3.20. The Bertz CT molecular complexity index is 791. The topological polar surface area (TPSA) is 59.8 Å². The average molecular weight is 292 g/mol. The Labute approximate surface area is 128 Å². The number of amides is 1. The van der Waals surface area contributed by atoms with Crippen LogP contribution >= 0.6 is 0 Å². The van der Waals surface area contributed by atoms with E-state index >= 15 is 0 Å². The number of rotatable bonds is 3. The third-order valence-corrected chi connectivity index (χ3v) is 3.43. The summed E-state index contributed by atoms with van der Waals surface area (Å²) in [4.78, 5) is 16.6. The molecule has 3 aromatic rings. The first-order chi connectivity index (χ1) is 10.6. The van der Waals surface area contributed by atoms with Gasteiger partial charge in [0.15, 0.2) is 5.82 Å². The van der Waals surface area contributed by atoms with Gasteiger partial charge in [-0.1, -0.05) is 23.8 Å². The van der Waals surface area contributed by atoms with Gasteiger partial charge in [0.2, 0.25) is 0 Å². The number of hydrogen-bond acceptors (Lipinski definition) is 3. The number of carbonyl (C=O) groups is 1. The largest absolute Gasteiger partial charge is 0.322 e. The zero-order valence-corrected chi connectivity index (χ0v) is 12.4. The molecule has 22 heavy (non-hydrogen) atoms. The van der Waals surface area contributed by atoms with E-state index in [0.717, 1.165) is 16.9 Å². The Morgan fingerprint density at radius 1 is 1.09 bits per heavy atom. The molecule has 0 unspecified atom stereocenters. The molecule has 0 aliphatic heterocycles. The van der Waals surface area contributed by atoms with Gasteiger partial charge in [0.25, 0.3) is 5.91 Å². The molecule has 5 nitrogen and oxygen atoms in total. The van der Waals surface area contributed by atoms with Crippen molar-refractivity contribution in [3.63, 3.8) is 0 Å². The molecule has 0 saturated carbocycles. The fourth-order valence-electron chi connectivity index (χ4n) is 2.18. The molecular weight excluding hydrogens is 276 g/mol. The van der Waals surface area contributed by atoms with E-state index in [1.165, 1.54) is 0 Å². The van der Waals surface area contributed by atoms with Crippen LogP contribution in [-0.4, -0.2) is 20.7 Å². The van der Waals surface area contributed by atoms with Crippen LogP contribution in [0, 0.1) is 13.8 Å². The minimum atomic E-state index is -0.177. The number of nitrogens with one attached hydrogen (secondary N) is 1. The van der Waals surface area contributed by atoms with Gasteiger partial charge in [-0.2, -0.15) is 5.10 Å². The first-order valence-corrected chi connectivity index (χ1v) is 6.99. The SMILES string of the molecule is Cc1ccc(NC(=O)c2cnn(-c3ccccn3)c2C)cc1. The maximum absolute atomic E-state index is 12.4. The van der Waals surface area contributed by atoms with E-state index in [1.54, 1.807) is 17.1 Å². The standard InChI is InChI=1S/C17H16N4O/c1-12-6-8-14(9-7-12)20-17(22)15-11-19-21(13(15)2)16-5-3-4-10-18-16/h3-11H,1-2H3,(H,20,22). The second-order valence-corrected chi connectivity index (χ2v) is 5.06. The molecule has 1 amide bonds. The maximum Gasteiger partial charge on any atom is 0.259 e. The van der Waals surface area contributed by atoms with Crippen molar-refractivity contribution in [2.75, 3.05) is 5.32 Å². The van der Waals surface area contributed by atoms with Gasteiger partial charge in [0, 0.05) is 11.9 Å². The summed E-state index contributed by atoms with van der Waals surface area (Å²) in [6.45, 7) is 3.86. The molecule has 0 radical (unpaired) electrons. The number of aromatic nitrogens is 3. The number of benzene rings is 1. The highest BCUT2D eigenvalue weighted by atomic mass is 16.1. The van der Waals surface area contributed by atoms with Gasteiger partial charge in [-0.05, 0) is 38.1 Å². The van der Waals surface area contributed by atoms with E-state index in [1.807, 2.05) is 56.3 Å². The van der Waals surface area contributed by atoms with E-state index in [0.29, 0.717) is 11.4 Å². The van der Waals surface area contributed by atoms with Gasteiger partial charge in [-0.3, -0.25) is 4.79 Å². The van der Waals surface area contributed by atoms with Gasteiger partial charge >= 0.3 is 0 Å². The Hall–Kier alpha value is -2.95. The minimum Gasteiger partial charge on any atom is -0.322 e. The molecule has 0 aliphatic carbocycles. The summed E-state index contributed by atoms with van der Waals surface area (Å²) in [6, 6.07) is 13.3. The third kappa shape index (κ3) is 2.74. The second-order valence-electron chi connectivity index (χ2n) is 5.06. The van der Waals surface area contributed by atoms with Crippen LogP contribution in [0.15, 0.2) is 54.9 Å². The number of nitrogens with zero attached hydrogens (tertiary/aromatic N) is 3. The van der Waals surface area contributed by atoms with E-state index in [9.17, 15) is 4.79 Å². The predicted octanol–water partition coefficient (Wildman–Crippen LogP) is 3.14. The van der Waals surface area contributed by atoms with Crippen LogP contribution in [0.2, 0.25) is 0 Å². The molecule has 0 saturated heterocycles. The quantitative estimate of drug-likeness (QED) is 0.806. The first-order valence-electron chi connectivity index (χ1n) is 6.99. The van der Waals surface area contributed by atoms with Crippen LogP contribution in [0.3, 0.4) is 0 Å². The first kappa shape index (κ1) is 14.0. The molecular formula is C17H16N4O. The zero-order valence-electron chi connectivity index (χ0n) is 12.4. The number of aryl methyl sites for hydroxylation is 1. The number of pyridine rings is 1. The van der Waals surface area contributed by atoms with E-state index in [4.69, 9.17) is 0 Å². The van der Waals surface area contributed by atoms with Crippen LogP contribution in [0.1, 0.15) is 21.6 Å². The lowest BCUT2D eigenvalue weighted by atomic mass is 10.2. The number of anilines is 1. The van der Waals surface area contributed by atoms with Crippen LogP contribution in [-0.2, 0) is 0 Å². The van der Waals surface area contributed by atoms with Gasteiger partial charge in [0.05, 0.1) is 17.5 Å². The molecule has 3 rings (SSSR count). The van der Waals surface area contributed by atoms with Gasteiger partial charge in [-0.15, -0.1) is 0 Å². The molecule has 2 heterocycles. The smallest absolute Gasteiger partial charge is 0.259 e. The molecule has 2 aromatic heterocycles. The molecule has 0 spiro atoms. The summed E-state index contributed by atoms with van der Waals surface area (Å²) in [5, 5.41) is 7.13. The van der Waals surface area contributed by atoms with Crippen molar-refractivity contribution in [3.05, 3.63) is 71.7 Å². The van der Waals surface area contributed by atoms with E-state index < -0.39 is 0 Å². The lowest BCUT2D eigenvalue weighted by molar-refractivity contribution is 0.102. The van der Waals surface area contributed by atoms with Crippen LogP contribution in [0.5, 0.6) is 0 Å². The molecule has 0 fully saturated rings. The fourth-order valence-corrected chi connectivity index (χ4v) is 2.18. The van der Waals surface area contributed by atoms with Crippen LogP contribution in [0.25, 0.3) is 5.82 Å². The highest BCUT2D eigenvalue weighted by Crippen LogP contribution is 2.15. The molecule has 1 N–H and O–H groups in total. The highest BCUT2D eigenvalue weighted by molar-refractivity contribution is 6.04. The van der Waals surface area contributed by atoms with Crippen molar-refractivity contribution in [1.29, 1.82) is 0 Å². The van der Waals surface area contributed by atoms with Crippen molar-refractivity contribution in [2.45, 2.75) is 13.8 Å². The maximum atomic E-state index is 12.4. The van der Waals surface area contributed by atoms with Crippen molar-refractivity contribution >= 4 is 11.6 Å². The number of carbonyl (C=O) groups excluding carboxylic acids is 1. The average Bonchev–Trinajstić information content (AvgIpc) is 2.92. The van der Waals surface area contributed by atoms with Gasteiger partial charge in [-0.25, -0.2) is 9.67 Å². The van der Waals surface area contributed by atoms with Crippen molar-refractivity contribution in [3.8, 4) is 5.82 Å². The van der Waals surface area contributed by atoms with Gasteiger partial charge in [0.1, 0.15) is 0 Å². The summed E-state index contributed by atoms with van der Waals surface area (Å²) in [6.07, 6.45) is 3.26. The molecule has 1 aromatic carbocycles. The Kier molecular flexibility index (Phi) is 3.70. The molecule has 0 aliphatic rings. The Morgan fingerprint density at radius 2 is 1.86 bits per heavy atom. The lowest BCUT2D eigenvalue weighted by Gasteiger charge is -2.06. The molecule has 5 heteroatoms. The monoisotopic (exact) mass is 292 g/mol. The number of hydrogen-bond donors (Lipinski definition) is 1. The lowest BCUT2D eigenvalue weighted by Crippen LogP contribution is -2.13. The summed E-state index contributed by atoms with van der Waals surface area (Å²) in [5.74, 6) is 0.512. The predicted molar refractivity (Wildman–Crippen MR) is 85.2 cm³/mol. The summed E-state index contributed by atoms with van der Waals surface area (Å²) < 4.78 is 1.66. The molecule has 0 atom stereocenters. The van der Waals surface area contributed by atoms with Crippen molar-refractivity contribution in [2.24, 2.45) is 0 Å². The normalized spacial score (nSPS) is 10.5. The summed E-state index contributed by atoms with van der Waals surface area (Å²) in [7, 11) is 0. The zero-order chi connectivity index (χ0) is 15.5. The Balaban J connectivity index is 1.85. The minimum absolute atomic E-state index is 0.177. The van der Waals surface area contributed by atoms with Crippen LogP contribution in [0.4, 0.5) is 5.69 Å². The van der Waals surface area contributed by atoms with E-state index in [-0.39, 0.29) is 5.91 Å². The van der Waals surface area contributed by atoms with Crippen molar-refractivity contribution in [1.82, 2.24) is 14.8 Å². The third-order valence-electron chi connectivity index (χ3n) is 3.43. The molecule has 110 valence electrons.